The fourth-order valence-corrected chi connectivity index (χ4v) is 1.71. The van der Waals surface area contributed by atoms with E-state index in [1.54, 1.807) is 12.4 Å². The van der Waals surface area contributed by atoms with E-state index in [1.165, 1.54) is 6.33 Å². The molecule has 0 aliphatic carbocycles. The summed E-state index contributed by atoms with van der Waals surface area (Å²) in [4.78, 5) is 16.6. The van der Waals surface area contributed by atoms with E-state index in [-0.39, 0.29) is 0 Å². The van der Waals surface area contributed by atoms with Crippen LogP contribution in [0.15, 0.2) is 29.5 Å². The van der Waals surface area contributed by atoms with Crippen molar-refractivity contribution < 1.29 is 0 Å². The largest absolute Gasteiger partial charge is 0.244 e. The van der Waals surface area contributed by atoms with Crippen molar-refractivity contribution in [3.63, 3.8) is 0 Å². The zero-order valence-corrected chi connectivity index (χ0v) is 10.6. The predicted molar refractivity (Wildman–Crippen MR) is 64.8 cm³/mol. The number of hydrogen-bond acceptors (Lipinski definition) is 4. The Kier molecular flexibility index (Phi) is 3.24. The molecule has 0 aliphatic heterocycles. The van der Waals surface area contributed by atoms with Gasteiger partial charge < -0.3 is 0 Å². The van der Waals surface area contributed by atoms with Crippen LogP contribution >= 0.6 is 15.9 Å². The van der Waals surface area contributed by atoms with Crippen LogP contribution in [0.4, 0.5) is 0 Å². The molecule has 4 nitrogen and oxygen atoms in total. The SMILES string of the molecule is CC(C)c1cc(-c2cncnc2)nc(Br)n1. The normalized spacial score (nSPS) is 10.8. The smallest absolute Gasteiger partial charge is 0.197 e. The van der Waals surface area contributed by atoms with Crippen LogP contribution in [0.25, 0.3) is 11.3 Å². The van der Waals surface area contributed by atoms with Gasteiger partial charge in [-0.05, 0) is 27.9 Å². The molecular formula is C11H11BrN4. The van der Waals surface area contributed by atoms with Crippen molar-refractivity contribution in [3.05, 3.63) is 35.2 Å². The molecule has 0 aromatic carbocycles. The fraction of sp³-hybridized carbons (Fsp3) is 0.273. The summed E-state index contributed by atoms with van der Waals surface area (Å²) >= 11 is 3.32. The summed E-state index contributed by atoms with van der Waals surface area (Å²) in [5.41, 5.74) is 2.74. The Labute approximate surface area is 102 Å². The second-order valence-corrected chi connectivity index (χ2v) is 4.44. The molecular weight excluding hydrogens is 268 g/mol. The Bertz CT molecular complexity index is 485. The maximum absolute atomic E-state index is 4.32. The van der Waals surface area contributed by atoms with E-state index in [2.05, 4.69) is 49.7 Å². The molecule has 2 aromatic heterocycles. The van der Waals surface area contributed by atoms with Crippen LogP contribution in [0.2, 0.25) is 0 Å². The molecule has 0 radical (unpaired) electrons. The molecule has 82 valence electrons. The molecule has 0 atom stereocenters. The van der Waals surface area contributed by atoms with Crippen molar-refractivity contribution in [2.45, 2.75) is 19.8 Å². The van der Waals surface area contributed by atoms with Gasteiger partial charge in [0.1, 0.15) is 6.33 Å². The van der Waals surface area contributed by atoms with Crippen LogP contribution in [0.3, 0.4) is 0 Å². The quantitative estimate of drug-likeness (QED) is 0.793. The highest BCUT2D eigenvalue weighted by molar-refractivity contribution is 9.10. The molecule has 0 amide bonds. The van der Waals surface area contributed by atoms with Gasteiger partial charge >= 0.3 is 0 Å². The van der Waals surface area contributed by atoms with Crippen molar-refractivity contribution in [3.8, 4) is 11.3 Å². The number of nitrogens with zero attached hydrogens (tertiary/aromatic N) is 4. The van der Waals surface area contributed by atoms with Gasteiger partial charge in [0.05, 0.1) is 5.69 Å². The molecule has 0 N–H and O–H groups in total. The van der Waals surface area contributed by atoms with Crippen molar-refractivity contribution in [2.75, 3.05) is 0 Å². The van der Waals surface area contributed by atoms with Gasteiger partial charge in [0, 0.05) is 23.7 Å². The van der Waals surface area contributed by atoms with Gasteiger partial charge in [-0.2, -0.15) is 0 Å². The van der Waals surface area contributed by atoms with Crippen LogP contribution in [-0.2, 0) is 0 Å². The standard InChI is InChI=1S/C11H11BrN4/c1-7(2)9-3-10(16-11(12)15-9)8-4-13-6-14-5-8/h3-7H,1-2H3. The van der Waals surface area contributed by atoms with Gasteiger partial charge in [0.2, 0.25) is 0 Å². The van der Waals surface area contributed by atoms with Crippen LogP contribution in [-0.4, -0.2) is 19.9 Å². The highest BCUT2D eigenvalue weighted by Crippen LogP contribution is 2.21. The van der Waals surface area contributed by atoms with Gasteiger partial charge in [-0.1, -0.05) is 13.8 Å². The minimum atomic E-state index is 0.364. The third-order valence-electron chi connectivity index (χ3n) is 2.17. The number of hydrogen-bond donors (Lipinski definition) is 0. The number of aromatic nitrogens is 4. The van der Waals surface area contributed by atoms with Crippen molar-refractivity contribution in [1.82, 2.24) is 19.9 Å². The molecule has 0 spiro atoms. The summed E-state index contributed by atoms with van der Waals surface area (Å²) in [6.45, 7) is 4.19. The van der Waals surface area contributed by atoms with Gasteiger partial charge in [-0.25, -0.2) is 19.9 Å². The van der Waals surface area contributed by atoms with Crippen molar-refractivity contribution in [2.24, 2.45) is 0 Å². The third-order valence-corrected chi connectivity index (χ3v) is 2.52. The molecule has 16 heavy (non-hydrogen) atoms. The highest BCUT2D eigenvalue weighted by atomic mass is 79.9. The molecule has 2 heterocycles. The predicted octanol–water partition coefficient (Wildman–Crippen LogP) is 2.82. The summed E-state index contributed by atoms with van der Waals surface area (Å²) < 4.78 is 0.595. The summed E-state index contributed by atoms with van der Waals surface area (Å²) in [6.07, 6.45) is 4.99. The maximum atomic E-state index is 4.32. The second kappa shape index (κ2) is 4.65. The Balaban J connectivity index is 2.50. The van der Waals surface area contributed by atoms with Crippen LogP contribution in [0, 0.1) is 0 Å². The van der Waals surface area contributed by atoms with E-state index < -0.39 is 0 Å². The van der Waals surface area contributed by atoms with E-state index in [0.717, 1.165) is 17.0 Å². The van der Waals surface area contributed by atoms with E-state index in [1.807, 2.05) is 6.07 Å². The molecule has 0 aliphatic rings. The van der Waals surface area contributed by atoms with Gasteiger partial charge in [-0.15, -0.1) is 0 Å². The topological polar surface area (TPSA) is 51.6 Å². The average Bonchev–Trinajstić information content (AvgIpc) is 2.29. The third kappa shape index (κ3) is 2.41. The molecule has 0 fully saturated rings. The zero-order chi connectivity index (χ0) is 11.5. The summed E-state index contributed by atoms with van der Waals surface area (Å²) in [5.74, 6) is 0.364. The van der Waals surface area contributed by atoms with Crippen molar-refractivity contribution >= 4 is 15.9 Å². The monoisotopic (exact) mass is 278 g/mol. The lowest BCUT2D eigenvalue weighted by Crippen LogP contribution is -1.97. The van der Waals surface area contributed by atoms with Gasteiger partial charge in [0.15, 0.2) is 4.73 Å². The molecule has 2 rings (SSSR count). The second-order valence-electron chi connectivity index (χ2n) is 3.73. The molecule has 2 aromatic rings. The molecule has 0 saturated heterocycles. The van der Waals surface area contributed by atoms with Crippen molar-refractivity contribution in [1.29, 1.82) is 0 Å². The number of halogens is 1. The Morgan fingerprint density at radius 2 is 1.81 bits per heavy atom. The minimum absolute atomic E-state index is 0.364. The van der Waals surface area contributed by atoms with E-state index in [9.17, 15) is 0 Å². The molecule has 5 heteroatoms. The van der Waals surface area contributed by atoms with E-state index in [0.29, 0.717) is 10.7 Å². The summed E-state index contributed by atoms with van der Waals surface area (Å²) in [6, 6.07) is 1.97. The first kappa shape index (κ1) is 11.1. The van der Waals surface area contributed by atoms with Crippen LogP contribution in [0.5, 0.6) is 0 Å². The van der Waals surface area contributed by atoms with E-state index >= 15 is 0 Å². The first-order valence-corrected chi connectivity index (χ1v) is 5.76. The average molecular weight is 279 g/mol. The van der Waals surface area contributed by atoms with Gasteiger partial charge in [0.25, 0.3) is 0 Å². The lowest BCUT2D eigenvalue weighted by atomic mass is 10.1. The summed E-state index contributed by atoms with van der Waals surface area (Å²) in [7, 11) is 0. The fourth-order valence-electron chi connectivity index (χ4n) is 1.31. The van der Waals surface area contributed by atoms with Crippen LogP contribution < -0.4 is 0 Å². The Hall–Kier alpha value is -1.36. The first-order valence-electron chi connectivity index (χ1n) is 4.96. The lowest BCUT2D eigenvalue weighted by molar-refractivity contribution is 0.808. The molecule has 0 unspecified atom stereocenters. The zero-order valence-electron chi connectivity index (χ0n) is 9.05. The minimum Gasteiger partial charge on any atom is -0.244 e. The first-order chi connectivity index (χ1) is 7.66. The lowest BCUT2D eigenvalue weighted by Gasteiger charge is -2.07. The Morgan fingerprint density at radius 1 is 1.12 bits per heavy atom. The molecule has 0 saturated carbocycles. The number of rotatable bonds is 2. The Morgan fingerprint density at radius 3 is 2.44 bits per heavy atom. The highest BCUT2D eigenvalue weighted by Gasteiger charge is 2.08. The molecule has 0 bridgehead atoms. The maximum Gasteiger partial charge on any atom is 0.197 e. The van der Waals surface area contributed by atoms with Crippen LogP contribution in [0.1, 0.15) is 25.5 Å². The summed E-state index contributed by atoms with van der Waals surface area (Å²) in [5, 5.41) is 0. The van der Waals surface area contributed by atoms with E-state index in [4.69, 9.17) is 0 Å². The van der Waals surface area contributed by atoms with Gasteiger partial charge in [-0.3, -0.25) is 0 Å².